The number of halogens is 2. The number of rotatable bonds is 4. The molecule has 0 bridgehead atoms. The molecule has 24 heavy (non-hydrogen) atoms. The number of hydrogen-bond donors (Lipinski definition) is 2. The highest BCUT2D eigenvalue weighted by Crippen LogP contribution is 2.60. The lowest BCUT2D eigenvalue weighted by Gasteiger charge is -2.51. The average Bonchev–Trinajstić information content (AvgIpc) is 2.50. The summed E-state index contributed by atoms with van der Waals surface area (Å²) in [6.07, 6.45) is -0.0305. The summed E-state index contributed by atoms with van der Waals surface area (Å²) in [5.41, 5.74) is -0.478. The summed E-state index contributed by atoms with van der Waals surface area (Å²) >= 11 is 12.5. The maximum absolute atomic E-state index is 12.2. The second-order valence-electron chi connectivity index (χ2n) is 5.90. The molecule has 3 unspecified atom stereocenters. The summed E-state index contributed by atoms with van der Waals surface area (Å²) < 4.78 is 0. The summed E-state index contributed by atoms with van der Waals surface area (Å²) in [4.78, 5) is 23.9. The molecule has 1 aliphatic rings. The van der Waals surface area contributed by atoms with Crippen LogP contribution < -0.4 is 0 Å². The van der Waals surface area contributed by atoms with Crippen LogP contribution in [0.3, 0.4) is 0 Å². The van der Waals surface area contributed by atoms with E-state index < -0.39 is 29.2 Å². The van der Waals surface area contributed by atoms with Gasteiger partial charge < -0.3 is 10.2 Å². The van der Waals surface area contributed by atoms with Crippen molar-refractivity contribution in [3.8, 4) is 0 Å². The summed E-state index contributed by atoms with van der Waals surface area (Å²) in [7, 11) is 0. The zero-order valence-electron chi connectivity index (χ0n) is 12.4. The van der Waals surface area contributed by atoms with Crippen LogP contribution in [-0.4, -0.2) is 22.2 Å². The quantitative estimate of drug-likeness (QED) is 0.852. The van der Waals surface area contributed by atoms with Gasteiger partial charge >= 0.3 is 11.9 Å². The van der Waals surface area contributed by atoms with Crippen molar-refractivity contribution in [2.45, 2.75) is 17.8 Å². The van der Waals surface area contributed by atoms with Gasteiger partial charge in [0.2, 0.25) is 0 Å². The predicted octanol–water partition coefficient (Wildman–Crippen LogP) is 4.20. The van der Waals surface area contributed by atoms with E-state index in [9.17, 15) is 19.8 Å². The lowest BCUT2D eigenvalue weighted by Crippen LogP contribution is -2.57. The molecule has 1 aliphatic carbocycles. The maximum atomic E-state index is 12.2. The van der Waals surface area contributed by atoms with Gasteiger partial charge in [0.15, 0.2) is 0 Å². The Labute approximate surface area is 148 Å². The van der Waals surface area contributed by atoms with Gasteiger partial charge in [0.05, 0.1) is 5.92 Å². The molecule has 0 spiro atoms. The third-order valence-electron chi connectivity index (χ3n) is 4.77. The predicted molar refractivity (Wildman–Crippen MR) is 90.7 cm³/mol. The first kappa shape index (κ1) is 16.8. The molecule has 0 amide bonds. The van der Waals surface area contributed by atoms with Crippen molar-refractivity contribution < 1.29 is 19.8 Å². The molecule has 2 N–H and O–H groups in total. The molecule has 2 aromatic carbocycles. The number of hydrogen-bond acceptors (Lipinski definition) is 2. The van der Waals surface area contributed by atoms with Crippen LogP contribution >= 0.6 is 23.2 Å². The number of carboxylic acids is 2. The van der Waals surface area contributed by atoms with Crippen LogP contribution in [0.2, 0.25) is 10.0 Å². The second-order valence-corrected chi connectivity index (χ2v) is 6.72. The van der Waals surface area contributed by atoms with Gasteiger partial charge in [0.25, 0.3) is 0 Å². The first-order chi connectivity index (χ1) is 11.4. The summed E-state index contributed by atoms with van der Waals surface area (Å²) in [5.74, 6) is -3.76. The third-order valence-corrected chi connectivity index (χ3v) is 5.44. The van der Waals surface area contributed by atoms with E-state index in [2.05, 4.69) is 0 Å². The Morgan fingerprint density at radius 3 is 2.08 bits per heavy atom. The summed E-state index contributed by atoms with van der Waals surface area (Å²) in [5, 5.41) is 20.2. The van der Waals surface area contributed by atoms with Crippen LogP contribution in [0.5, 0.6) is 0 Å². The lowest BCUT2D eigenvalue weighted by atomic mass is 9.49. The minimum Gasteiger partial charge on any atom is -0.481 e. The highest BCUT2D eigenvalue weighted by molar-refractivity contribution is 6.32. The van der Waals surface area contributed by atoms with E-state index >= 15 is 0 Å². The molecule has 3 atom stereocenters. The minimum atomic E-state index is -1.41. The van der Waals surface area contributed by atoms with E-state index in [0.29, 0.717) is 21.2 Å². The number of benzene rings is 2. The van der Waals surface area contributed by atoms with Crippen LogP contribution in [0.1, 0.15) is 23.5 Å². The van der Waals surface area contributed by atoms with Gasteiger partial charge in [-0.1, -0.05) is 59.6 Å². The zero-order chi connectivity index (χ0) is 17.5. The third kappa shape index (κ3) is 2.38. The lowest BCUT2D eigenvalue weighted by molar-refractivity contribution is -0.160. The van der Waals surface area contributed by atoms with Gasteiger partial charge in [0.1, 0.15) is 5.41 Å². The molecule has 0 aromatic heterocycles. The van der Waals surface area contributed by atoms with Crippen LogP contribution in [0.15, 0.2) is 48.5 Å². The van der Waals surface area contributed by atoms with Gasteiger partial charge in [0, 0.05) is 16.0 Å². The van der Waals surface area contributed by atoms with E-state index in [1.165, 1.54) is 0 Å². The maximum Gasteiger partial charge on any atom is 0.314 e. The normalized spacial score (nSPS) is 25.8. The second kappa shape index (κ2) is 6.11. The number of carboxylic acid groups (broad SMARTS) is 2. The Bertz CT molecular complexity index is 820. The molecular weight excluding hydrogens is 351 g/mol. The fourth-order valence-electron chi connectivity index (χ4n) is 3.65. The standard InChI is InChI=1S/C18H14Cl2O4/c19-13-7-3-1-5-10(13)15-11(16(21)22)9-18(15,17(23)24)12-6-2-4-8-14(12)20/h1-8,11,15H,9H2,(H,21,22)(H,23,24). The van der Waals surface area contributed by atoms with E-state index in [1.807, 2.05) is 0 Å². The molecule has 3 rings (SSSR count). The van der Waals surface area contributed by atoms with Crippen molar-refractivity contribution in [1.29, 1.82) is 0 Å². The Kier molecular flexibility index (Phi) is 4.28. The first-order valence-electron chi connectivity index (χ1n) is 7.35. The molecular formula is C18H14Cl2O4. The van der Waals surface area contributed by atoms with Crippen LogP contribution in [0.4, 0.5) is 0 Å². The number of aliphatic carboxylic acids is 2. The fourth-order valence-corrected chi connectivity index (χ4v) is 4.21. The Balaban J connectivity index is 2.23. The van der Waals surface area contributed by atoms with E-state index in [-0.39, 0.29) is 6.42 Å². The summed E-state index contributed by atoms with van der Waals surface area (Å²) in [6.45, 7) is 0. The largest absolute Gasteiger partial charge is 0.481 e. The van der Waals surface area contributed by atoms with Crippen molar-refractivity contribution in [2.75, 3.05) is 0 Å². The monoisotopic (exact) mass is 364 g/mol. The molecule has 0 heterocycles. The average molecular weight is 365 g/mol. The Hall–Kier alpha value is -2.04. The molecule has 2 aromatic rings. The zero-order valence-corrected chi connectivity index (χ0v) is 14.0. The van der Waals surface area contributed by atoms with Crippen molar-refractivity contribution in [2.24, 2.45) is 5.92 Å². The molecule has 0 saturated heterocycles. The SMILES string of the molecule is O=C(O)C1CC(C(=O)O)(c2ccccc2Cl)C1c1ccccc1Cl. The topological polar surface area (TPSA) is 74.6 Å². The smallest absolute Gasteiger partial charge is 0.314 e. The van der Waals surface area contributed by atoms with Crippen LogP contribution in [0.25, 0.3) is 0 Å². The molecule has 0 aliphatic heterocycles. The number of carbonyl (C=O) groups is 2. The Morgan fingerprint density at radius 1 is 0.958 bits per heavy atom. The summed E-state index contributed by atoms with van der Waals surface area (Å²) in [6, 6.07) is 13.4. The molecule has 6 heteroatoms. The van der Waals surface area contributed by atoms with Crippen LogP contribution in [0, 0.1) is 5.92 Å². The van der Waals surface area contributed by atoms with Gasteiger partial charge in [-0.25, -0.2) is 0 Å². The van der Waals surface area contributed by atoms with Crippen molar-refractivity contribution in [3.63, 3.8) is 0 Å². The van der Waals surface area contributed by atoms with Crippen LogP contribution in [-0.2, 0) is 15.0 Å². The van der Waals surface area contributed by atoms with Crippen molar-refractivity contribution in [1.82, 2.24) is 0 Å². The van der Waals surface area contributed by atoms with E-state index in [0.717, 1.165) is 0 Å². The molecule has 4 nitrogen and oxygen atoms in total. The molecule has 1 fully saturated rings. The Morgan fingerprint density at radius 2 is 1.54 bits per heavy atom. The van der Waals surface area contributed by atoms with E-state index in [4.69, 9.17) is 23.2 Å². The highest BCUT2D eigenvalue weighted by Gasteiger charge is 2.64. The molecule has 0 radical (unpaired) electrons. The van der Waals surface area contributed by atoms with Gasteiger partial charge in [-0.2, -0.15) is 0 Å². The minimum absolute atomic E-state index is 0.0305. The highest BCUT2D eigenvalue weighted by atomic mass is 35.5. The first-order valence-corrected chi connectivity index (χ1v) is 8.11. The van der Waals surface area contributed by atoms with Crippen molar-refractivity contribution in [3.05, 3.63) is 69.7 Å². The van der Waals surface area contributed by atoms with Gasteiger partial charge in [-0.05, 0) is 29.7 Å². The van der Waals surface area contributed by atoms with Crippen molar-refractivity contribution >= 4 is 35.1 Å². The van der Waals surface area contributed by atoms with Gasteiger partial charge in [-0.15, -0.1) is 0 Å². The van der Waals surface area contributed by atoms with Gasteiger partial charge in [-0.3, -0.25) is 9.59 Å². The molecule has 124 valence electrons. The fraction of sp³-hybridized carbons (Fsp3) is 0.222. The molecule has 1 saturated carbocycles. The van der Waals surface area contributed by atoms with E-state index in [1.54, 1.807) is 48.5 Å².